The molecule has 0 aromatic heterocycles. The predicted molar refractivity (Wildman–Crippen MR) is 93.8 cm³/mol. The summed E-state index contributed by atoms with van der Waals surface area (Å²) in [5.41, 5.74) is 0.747. The van der Waals surface area contributed by atoms with Crippen molar-refractivity contribution in [2.75, 3.05) is 7.11 Å². The Labute approximate surface area is 148 Å². The average molecular weight is 349 g/mol. The molecule has 138 valence electrons. The zero-order valence-electron chi connectivity index (χ0n) is 14.8. The summed E-state index contributed by atoms with van der Waals surface area (Å²) in [4.78, 5) is 12.8. The normalized spacial score (nSPS) is 25.6. The Morgan fingerprint density at radius 3 is 2.48 bits per heavy atom. The Bertz CT molecular complexity index is 593. The summed E-state index contributed by atoms with van der Waals surface area (Å²) < 4.78 is 19.1. The first-order valence-electron chi connectivity index (χ1n) is 9.40. The number of methoxy groups -OCH3 is 1. The van der Waals surface area contributed by atoms with Gasteiger partial charge in [-0.15, -0.1) is 0 Å². The summed E-state index contributed by atoms with van der Waals surface area (Å²) in [5, 5.41) is 12.8. The smallest absolute Gasteiger partial charge is 0.223 e. The van der Waals surface area contributed by atoms with E-state index < -0.39 is 5.82 Å². The number of carbonyl (C=O) groups is 1. The van der Waals surface area contributed by atoms with E-state index in [9.17, 15) is 14.3 Å². The van der Waals surface area contributed by atoms with Crippen LogP contribution in [0.3, 0.4) is 0 Å². The molecule has 0 radical (unpaired) electrons. The maximum absolute atomic E-state index is 14.1. The molecule has 0 aliphatic heterocycles. The number of halogens is 1. The van der Waals surface area contributed by atoms with Crippen molar-refractivity contribution in [3.8, 4) is 5.75 Å². The molecule has 0 saturated heterocycles. The van der Waals surface area contributed by atoms with Gasteiger partial charge < -0.3 is 15.2 Å². The highest BCUT2D eigenvalue weighted by atomic mass is 19.1. The van der Waals surface area contributed by atoms with Gasteiger partial charge in [-0.1, -0.05) is 31.7 Å². The molecule has 2 aliphatic carbocycles. The van der Waals surface area contributed by atoms with Crippen LogP contribution >= 0.6 is 0 Å². The number of aliphatic hydroxyl groups excluding tert-OH is 1. The quantitative estimate of drug-likeness (QED) is 0.796. The van der Waals surface area contributed by atoms with Gasteiger partial charge >= 0.3 is 0 Å². The number of benzene rings is 1. The first kappa shape index (κ1) is 18.2. The fourth-order valence-corrected chi connectivity index (χ4v) is 4.06. The van der Waals surface area contributed by atoms with Crippen LogP contribution in [-0.4, -0.2) is 24.2 Å². The lowest BCUT2D eigenvalue weighted by atomic mass is 9.75. The molecule has 2 aliphatic rings. The van der Waals surface area contributed by atoms with E-state index in [1.54, 1.807) is 6.07 Å². The summed E-state index contributed by atoms with van der Waals surface area (Å²) in [6.45, 7) is 0. The highest BCUT2D eigenvalue weighted by molar-refractivity contribution is 5.79. The van der Waals surface area contributed by atoms with Crippen LogP contribution in [-0.2, 0) is 4.79 Å². The third-order valence-corrected chi connectivity index (χ3v) is 5.68. The minimum atomic E-state index is -0.423. The number of hydrogen-bond acceptors (Lipinski definition) is 3. The van der Waals surface area contributed by atoms with E-state index in [1.165, 1.54) is 26.0 Å². The largest absolute Gasteiger partial charge is 0.494 e. The third-order valence-electron chi connectivity index (χ3n) is 5.68. The Morgan fingerprint density at radius 2 is 1.92 bits per heavy atom. The molecule has 1 aromatic rings. The number of nitrogens with one attached hydrogen (secondary N) is 1. The number of ether oxygens (including phenoxy) is 1. The van der Waals surface area contributed by atoms with E-state index in [-0.39, 0.29) is 35.6 Å². The molecule has 1 aromatic carbocycles. The van der Waals surface area contributed by atoms with Crippen LogP contribution < -0.4 is 10.1 Å². The number of amides is 1. The molecule has 5 heteroatoms. The first-order chi connectivity index (χ1) is 12.1. The summed E-state index contributed by atoms with van der Waals surface area (Å²) >= 11 is 0. The highest BCUT2D eigenvalue weighted by Crippen LogP contribution is 2.39. The second-order valence-electron chi connectivity index (χ2n) is 7.45. The molecule has 4 nitrogen and oxygen atoms in total. The van der Waals surface area contributed by atoms with Gasteiger partial charge in [-0.3, -0.25) is 4.79 Å². The van der Waals surface area contributed by atoms with Gasteiger partial charge in [-0.05, 0) is 49.3 Å². The zero-order chi connectivity index (χ0) is 17.8. The number of rotatable bonds is 5. The number of aliphatic hydroxyl groups is 1. The lowest BCUT2D eigenvalue weighted by Gasteiger charge is -2.39. The van der Waals surface area contributed by atoms with Crippen molar-refractivity contribution < 1.29 is 19.0 Å². The number of carbonyl (C=O) groups excluding carboxylic acids is 1. The standard InChI is InChI=1S/C20H28FNO3/c1-25-18-9-8-14(12-17(18)21)19(15-10-16(23)11-15)22-20(24)13-6-4-2-3-5-7-13/h8-9,12-13,15-16,19,23H,2-7,10-11H2,1H3,(H,22,24). The van der Waals surface area contributed by atoms with Gasteiger partial charge in [0.15, 0.2) is 11.6 Å². The molecule has 2 fully saturated rings. The molecule has 25 heavy (non-hydrogen) atoms. The van der Waals surface area contributed by atoms with E-state index in [4.69, 9.17) is 4.74 Å². The van der Waals surface area contributed by atoms with Crippen molar-refractivity contribution in [3.63, 3.8) is 0 Å². The van der Waals surface area contributed by atoms with Crippen LogP contribution in [0.2, 0.25) is 0 Å². The fraction of sp³-hybridized carbons (Fsp3) is 0.650. The lowest BCUT2D eigenvalue weighted by Crippen LogP contribution is -2.43. The van der Waals surface area contributed by atoms with Crippen molar-refractivity contribution in [1.29, 1.82) is 0 Å². The minimum absolute atomic E-state index is 0.0538. The maximum atomic E-state index is 14.1. The molecule has 0 bridgehead atoms. The second kappa shape index (κ2) is 8.17. The Balaban J connectivity index is 1.75. The molecule has 0 heterocycles. The fourth-order valence-electron chi connectivity index (χ4n) is 4.06. The molecule has 2 saturated carbocycles. The van der Waals surface area contributed by atoms with Crippen molar-refractivity contribution in [3.05, 3.63) is 29.6 Å². The van der Waals surface area contributed by atoms with Crippen molar-refractivity contribution >= 4 is 5.91 Å². The van der Waals surface area contributed by atoms with Gasteiger partial charge in [0, 0.05) is 5.92 Å². The average Bonchev–Trinajstić information content (AvgIpc) is 2.86. The molecule has 2 N–H and O–H groups in total. The van der Waals surface area contributed by atoms with Gasteiger partial charge in [-0.2, -0.15) is 0 Å². The second-order valence-corrected chi connectivity index (χ2v) is 7.45. The van der Waals surface area contributed by atoms with Crippen LogP contribution in [0.5, 0.6) is 5.75 Å². The van der Waals surface area contributed by atoms with Crippen molar-refractivity contribution in [2.45, 2.75) is 63.5 Å². The van der Waals surface area contributed by atoms with E-state index >= 15 is 0 Å². The molecule has 0 spiro atoms. The van der Waals surface area contributed by atoms with Crippen LogP contribution in [0, 0.1) is 17.7 Å². The maximum Gasteiger partial charge on any atom is 0.223 e. The Kier molecular flexibility index (Phi) is 5.94. The third kappa shape index (κ3) is 4.32. The SMILES string of the molecule is COc1ccc(C(NC(=O)C2CCCCCC2)C2CC(O)C2)cc1F. The minimum Gasteiger partial charge on any atom is -0.494 e. The first-order valence-corrected chi connectivity index (χ1v) is 9.40. The van der Waals surface area contributed by atoms with Gasteiger partial charge in [0.05, 0.1) is 19.3 Å². The highest BCUT2D eigenvalue weighted by Gasteiger charge is 2.37. The van der Waals surface area contributed by atoms with Crippen LogP contribution in [0.15, 0.2) is 18.2 Å². The van der Waals surface area contributed by atoms with Crippen LogP contribution in [0.25, 0.3) is 0 Å². The molecular weight excluding hydrogens is 321 g/mol. The molecule has 1 amide bonds. The monoisotopic (exact) mass is 349 g/mol. The van der Waals surface area contributed by atoms with Crippen molar-refractivity contribution in [2.24, 2.45) is 11.8 Å². The van der Waals surface area contributed by atoms with E-state index in [2.05, 4.69) is 5.32 Å². The van der Waals surface area contributed by atoms with E-state index in [0.717, 1.165) is 31.2 Å². The lowest BCUT2D eigenvalue weighted by molar-refractivity contribution is -0.127. The van der Waals surface area contributed by atoms with Gasteiger partial charge in [0.1, 0.15) is 0 Å². The Morgan fingerprint density at radius 1 is 1.24 bits per heavy atom. The van der Waals surface area contributed by atoms with Crippen LogP contribution in [0.4, 0.5) is 4.39 Å². The van der Waals surface area contributed by atoms with Gasteiger partial charge in [0.2, 0.25) is 5.91 Å². The summed E-state index contributed by atoms with van der Waals surface area (Å²) in [6.07, 6.45) is 7.44. The van der Waals surface area contributed by atoms with Gasteiger partial charge in [-0.25, -0.2) is 4.39 Å². The molecule has 1 unspecified atom stereocenters. The summed E-state index contributed by atoms with van der Waals surface area (Å²) in [7, 11) is 1.44. The predicted octanol–water partition coefficient (Wildman–Crippen LogP) is 3.73. The summed E-state index contributed by atoms with van der Waals surface area (Å²) in [6, 6.07) is 4.61. The molecular formula is C20H28FNO3. The van der Waals surface area contributed by atoms with E-state index in [0.29, 0.717) is 12.8 Å². The Hall–Kier alpha value is -1.62. The van der Waals surface area contributed by atoms with Crippen LogP contribution in [0.1, 0.15) is 63.0 Å². The molecule has 3 rings (SSSR count). The molecule has 1 atom stereocenters. The van der Waals surface area contributed by atoms with Gasteiger partial charge in [0.25, 0.3) is 0 Å². The summed E-state index contributed by atoms with van der Waals surface area (Å²) in [5.74, 6) is 0.0555. The topological polar surface area (TPSA) is 58.6 Å². The zero-order valence-corrected chi connectivity index (χ0v) is 14.8. The van der Waals surface area contributed by atoms with Crippen molar-refractivity contribution in [1.82, 2.24) is 5.32 Å². The van der Waals surface area contributed by atoms with E-state index in [1.807, 2.05) is 6.07 Å². The number of hydrogen-bond donors (Lipinski definition) is 2.